The van der Waals surface area contributed by atoms with Crippen LogP contribution < -0.4 is 9.80 Å². The highest BCUT2D eigenvalue weighted by Gasteiger charge is 2.31. The topological polar surface area (TPSA) is 19.0 Å². The fourth-order valence-corrected chi connectivity index (χ4v) is 5.72. The lowest BCUT2D eigenvalue weighted by atomic mass is 9.71. The van der Waals surface area contributed by atoms with E-state index in [4.69, 9.17) is 4.74 Å². The van der Waals surface area contributed by atoms with E-state index in [9.17, 15) is 0 Å². The molecule has 166 valence electrons. The average molecular weight is 412 g/mol. The first kappa shape index (κ1) is 20.6. The Labute approximate surface area is 183 Å². The third kappa shape index (κ3) is 4.80. The first-order valence-corrected chi connectivity index (χ1v) is 12.5. The highest BCUT2D eigenvalue weighted by Crippen LogP contribution is 2.45. The molecule has 2 aliphatic carbocycles. The van der Waals surface area contributed by atoms with Crippen molar-refractivity contribution in [2.75, 3.05) is 68.8 Å². The summed E-state index contributed by atoms with van der Waals surface area (Å²) in [6.45, 7) is 14.9. The van der Waals surface area contributed by atoms with Gasteiger partial charge in [-0.2, -0.15) is 0 Å². The van der Waals surface area contributed by atoms with Gasteiger partial charge in [-0.15, -0.1) is 0 Å². The largest absolute Gasteiger partial charge is 0.378 e. The van der Waals surface area contributed by atoms with Crippen LogP contribution in [0.3, 0.4) is 0 Å². The van der Waals surface area contributed by atoms with Gasteiger partial charge < -0.3 is 14.5 Å². The molecule has 2 heterocycles. The minimum atomic E-state index is 0.521. The molecular formula is C26H41N3O. The van der Waals surface area contributed by atoms with Gasteiger partial charge in [-0.25, -0.2) is 0 Å². The van der Waals surface area contributed by atoms with E-state index < -0.39 is 0 Å². The maximum atomic E-state index is 5.60. The summed E-state index contributed by atoms with van der Waals surface area (Å²) in [5, 5.41) is 0. The predicted octanol–water partition coefficient (Wildman–Crippen LogP) is 4.74. The molecule has 0 unspecified atom stereocenters. The Hall–Kier alpha value is -1.26. The summed E-state index contributed by atoms with van der Waals surface area (Å²) in [7, 11) is 0. The molecule has 0 atom stereocenters. The summed E-state index contributed by atoms with van der Waals surface area (Å²) in [5.41, 5.74) is 5.09. The van der Waals surface area contributed by atoms with Crippen LogP contribution in [-0.4, -0.2) is 63.9 Å². The highest BCUT2D eigenvalue weighted by molar-refractivity contribution is 5.63. The summed E-state index contributed by atoms with van der Waals surface area (Å²) >= 11 is 0. The first-order chi connectivity index (χ1) is 14.6. The van der Waals surface area contributed by atoms with Gasteiger partial charge in [-0.05, 0) is 79.5 Å². The Kier molecular flexibility index (Phi) is 5.99. The van der Waals surface area contributed by atoms with Crippen LogP contribution >= 0.6 is 0 Å². The summed E-state index contributed by atoms with van der Waals surface area (Å²) in [6, 6.07) is 7.39. The molecule has 4 nitrogen and oxygen atoms in total. The third-order valence-electron chi connectivity index (χ3n) is 8.09. The molecule has 0 N–H and O–H groups in total. The first-order valence-electron chi connectivity index (χ1n) is 12.5. The maximum Gasteiger partial charge on any atom is 0.0642 e. The van der Waals surface area contributed by atoms with Gasteiger partial charge in [-0.1, -0.05) is 13.8 Å². The van der Waals surface area contributed by atoms with Crippen LogP contribution in [0.25, 0.3) is 0 Å². The zero-order chi connectivity index (χ0) is 20.6. The summed E-state index contributed by atoms with van der Waals surface area (Å²) in [5.74, 6) is 1.73. The third-order valence-corrected chi connectivity index (χ3v) is 8.09. The molecule has 4 fully saturated rings. The number of piperazine rings is 1. The molecule has 1 aromatic carbocycles. The molecule has 0 bridgehead atoms. The Morgan fingerprint density at radius 1 is 0.867 bits per heavy atom. The molecule has 0 amide bonds. The van der Waals surface area contributed by atoms with Crippen LogP contribution in [0, 0.1) is 11.3 Å². The van der Waals surface area contributed by atoms with Gasteiger partial charge in [0.25, 0.3) is 0 Å². The van der Waals surface area contributed by atoms with Crippen molar-refractivity contribution in [1.82, 2.24) is 4.90 Å². The summed E-state index contributed by atoms with van der Waals surface area (Å²) in [4.78, 5) is 7.93. The number of anilines is 2. The Morgan fingerprint density at radius 3 is 2.23 bits per heavy atom. The van der Waals surface area contributed by atoms with Crippen molar-refractivity contribution in [2.24, 2.45) is 11.3 Å². The Bertz CT molecular complexity index is 705. The van der Waals surface area contributed by atoms with Crippen molar-refractivity contribution in [3.63, 3.8) is 0 Å². The van der Waals surface area contributed by atoms with Crippen molar-refractivity contribution in [3.8, 4) is 0 Å². The number of benzene rings is 1. The number of ether oxygens (including phenoxy) is 1. The second kappa shape index (κ2) is 8.70. The molecule has 30 heavy (non-hydrogen) atoms. The number of nitrogens with zero attached hydrogens (tertiary/aromatic N) is 3. The van der Waals surface area contributed by atoms with Gasteiger partial charge in [0.15, 0.2) is 0 Å². The van der Waals surface area contributed by atoms with Gasteiger partial charge in [0, 0.05) is 57.2 Å². The lowest BCUT2D eigenvalue weighted by molar-refractivity contribution is 0.122. The second-order valence-electron chi connectivity index (χ2n) is 11.0. The van der Waals surface area contributed by atoms with Crippen molar-refractivity contribution >= 4 is 11.4 Å². The normalized spacial score (nSPS) is 26.2. The Morgan fingerprint density at radius 2 is 1.57 bits per heavy atom. The predicted molar refractivity (Wildman–Crippen MR) is 126 cm³/mol. The molecule has 0 aromatic heterocycles. The van der Waals surface area contributed by atoms with Gasteiger partial charge in [0.1, 0.15) is 0 Å². The monoisotopic (exact) mass is 411 g/mol. The minimum absolute atomic E-state index is 0.521. The zero-order valence-corrected chi connectivity index (χ0v) is 19.2. The Balaban J connectivity index is 1.35. The molecule has 1 aromatic rings. The van der Waals surface area contributed by atoms with Gasteiger partial charge in [0.05, 0.1) is 13.2 Å². The second-order valence-corrected chi connectivity index (χ2v) is 11.0. The standard InChI is InChI=1S/C26H41N3O/c1-26(2)9-7-22(8-10-26)24-19-23(28-15-17-30-18-16-28)5-6-25(24)29-13-11-27(12-14-29)20-21-3-4-21/h5-6,19,21-22H,3-4,7-18,20H2,1-2H3. The van der Waals surface area contributed by atoms with Crippen LogP contribution in [0.5, 0.6) is 0 Å². The van der Waals surface area contributed by atoms with Crippen LogP contribution in [0.1, 0.15) is 63.9 Å². The smallest absolute Gasteiger partial charge is 0.0642 e. The van der Waals surface area contributed by atoms with Crippen LogP contribution in [0.4, 0.5) is 11.4 Å². The molecule has 4 aliphatic rings. The summed E-state index contributed by atoms with van der Waals surface area (Å²) in [6.07, 6.45) is 8.32. The SMILES string of the molecule is CC1(C)CCC(c2cc(N3CCOCC3)ccc2N2CCN(CC3CC3)CC2)CC1. The molecule has 4 heteroatoms. The van der Waals surface area contributed by atoms with Crippen LogP contribution in [-0.2, 0) is 4.74 Å². The fraction of sp³-hybridized carbons (Fsp3) is 0.769. The molecular weight excluding hydrogens is 370 g/mol. The lowest BCUT2D eigenvalue weighted by Crippen LogP contribution is -2.47. The quantitative estimate of drug-likeness (QED) is 0.697. The van der Waals surface area contributed by atoms with E-state index in [-0.39, 0.29) is 0 Å². The number of rotatable bonds is 5. The van der Waals surface area contributed by atoms with Crippen molar-refractivity contribution in [2.45, 2.75) is 58.3 Å². The van der Waals surface area contributed by atoms with Gasteiger partial charge in [0.2, 0.25) is 0 Å². The maximum absolute atomic E-state index is 5.60. The van der Waals surface area contributed by atoms with Crippen molar-refractivity contribution < 1.29 is 4.74 Å². The lowest BCUT2D eigenvalue weighted by Gasteiger charge is -2.40. The van der Waals surface area contributed by atoms with E-state index in [1.807, 2.05) is 0 Å². The van der Waals surface area contributed by atoms with E-state index in [0.717, 1.165) is 38.1 Å². The van der Waals surface area contributed by atoms with Crippen LogP contribution in [0.2, 0.25) is 0 Å². The van der Waals surface area contributed by atoms with E-state index in [2.05, 4.69) is 46.7 Å². The number of hydrogen-bond donors (Lipinski definition) is 0. The fourth-order valence-electron chi connectivity index (χ4n) is 5.72. The van der Waals surface area contributed by atoms with Gasteiger partial charge in [-0.3, -0.25) is 4.90 Å². The molecule has 2 saturated heterocycles. The highest BCUT2D eigenvalue weighted by atomic mass is 16.5. The molecule has 5 rings (SSSR count). The van der Waals surface area contributed by atoms with E-state index in [1.165, 1.54) is 82.6 Å². The molecule has 0 spiro atoms. The van der Waals surface area contributed by atoms with Crippen molar-refractivity contribution in [3.05, 3.63) is 23.8 Å². The van der Waals surface area contributed by atoms with E-state index in [0.29, 0.717) is 5.41 Å². The summed E-state index contributed by atoms with van der Waals surface area (Å²) < 4.78 is 5.60. The van der Waals surface area contributed by atoms with E-state index in [1.54, 1.807) is 5.56 Å². The average Bonchev–Trinajstić information content (AvgIpc) is 3.59. The number of hydrogen-bond acceptors (Lipinski definition) is 4. The molecule has 0 radical (unpaired) electrons. The molecule has 2 saturated carbocycles. The number of morpholine rings is 1. The molecule has 2 aliphatic heterocycles. The van der Waals surface area contributed by atoms with E-state index >= 15 is 0 Å². The zero-order valence-electron chi connectivity index (χ0n) is 19.2. The van der Waals surface area contributed by atoms with Crippen LogP contribution in [0.15, 0.2) is 18.2 Å². The minimum Gasteiger partial charge on any atom is -0.378 e. The van der Waals surface area contributed by atoms with Crippen molar-refractivity contribution in [1.29, 1.82) is 0 Å². The van der Waals surface area contributed by atoms with Gasteiger partial charge >= 0.3 is 0 Å².